The maximum absolute atomic E-state index is 11.4. The van der Waals surface area contributed by atoms with Gasteiger partial charge in [0.1, 0.15) is 0 Å². The van der Waals surface area contributed by atoms with Crippen LogP contribution in [0.15, 0.2) is 0 Å². The number of nitrogens with one attached hydrogen (secondary N) is 2. The Kier molecular flexibility index (Phi) is 5.21. The Morgan fingerprint density at radius 1 is 1.29 bits per heavy atom. The van der Waals surface area contributed by atoms with Crippen molar-refractivity contribution >= 4 is 12.0 Å². The Labute approximate surface area is 101 Å². The molecule has 0 aromatic carbocycles. The highest BCUT2D eigenvalue weighted by Crippen LogP contribution is 2.29. The van der Waals surface area contributed by atoms with Crippen molar-refractivity contribution in [2.24, 2.45) is 11.8 Å². The number of hydrogen-bond acceptors (Lipinski definition) is 3. The maximum Gasteiger partial charge on any atom is 0.329 e. The second-order valence-electron chi connectivity index (χ2n) is 4.71. The van der Waals surface area contributed by atoms with Gasteiger partial charge in [-0.05, 0) is 18.8 Å². The van der Waals surface area contributed by atoms with Crippen LogP contribution >= 0.6 is 0 Å². The maximum atomic E-state index is 11.4. The predicted octanol–water partition coefficient (Wildman–Crippen LogP) is 0.653. The van der Waals surface area contributed by atoms with Crippen molar-refractivity contribution in [2.45, 2.75) is 25.7 Å². The molecule has 0 heterocycles. The van der Waals surface area contributed by atoms with E-state index in [1.165, 1.54) is 0 Å². The van der Waals surface area contributed by atoms with E-state index in [0.717, 1.165) is 25.7 Å². The van der Waals surface area contributed by atoms with Crippen molar-refractivity contribution in [1.82, 2.24) is 15.8 Å². The molecule has 2 unspecified atom stereocenters. The molecule has 0 spiro atoms. The Bertz CT molecular complexity index is 281. The van der Waals surface area contributed by atoms with Crippen molar-refractivity contribution < 1.29 is 14.7 Å². The molecule has 6 nitrogen and oxygen atoms in total. The fourth-order valence-electron chi connectivity index (χ4n) is 2.24. The van der Waals surface area contributed by atoms with Crippen LogP contribution in [0.3, 0.4) is 0 Å². The Morgan fingerprint density at radius 2 is 1.94 bits per heavy atom. The van der Waals surface area contributed by atoms with Gasteiger partial charge >= 0.3 is 12.0 Å². The van der Waals surface area contributed by atoms with Crippen molar-refractivity contribution in [3.05, 3.63) is 0 Å². The van der Waals surface area contributed by atoms with Crippen LogP contribution in [0.5, 0.6) is 0 Å². The number of carboxylic acid groups (broad SMARTS) is 1. The SMILES string of the molecule is CN(C)NC(=O)NCC1CCCCC1C(=O)O. The summed E-state index contributed by atoms with van der Waals surface area (Å²) in [6.45, 7) is 0.427. The zero-order chi connectivity index (χ0) is 12.8. The molecule has 6 heteroatoms. The molecule has 0 saturated heterocycles. The molecule has 0 aliphatic heterocycles. The third-order valence-corrected chi connectivity index (χ3v) is 3.08. The van der Waals surface area contributed by atoms with Crippen LogP contribution < -0.4 is 10.7 Å². The Morgan fingerprint density at radius 3 is 2.53 bits per heavy atom. The van der Waals surface area contributed by atoms with Gasteiger partial charge in [0.25, 0.3) is 0 Å². The quantitative estimate of drug-likeness (QED) is 0.633. The highest BCUT2D eigenvalue weighted by Gasteiger charge is 2.30. The summed E-state index contributed by atoms with van der Waals surface area (Å²) in [6.07, 6.45) is 3.61. The average molecular weight is 243 g/mol. The highest BCUT2D eigenvalue weighted by atomic mass is 16.4. The summed E-state index contributed by atoms with van der Waals surface area (Å²) in [6, 6.07) is -0.287. The number of urea groups is 1. The summed E-state index contributed by atoms with van der Waals surface area (Å²) >= 11 is 0. The van der Waals surface area contributed by atoms with Crippen molar-refractivity contribution in [1.29, 1.82) is 0 Å². The molecule has 0 bridgehead atoms. The molecule has 2 atom stereocenters. The second-order valence-corrected chi connectivity index (χ2v) is 4.71. The summed E-state index contributed by atoms with van der Waals surface area (Å²) in [5.74, 6) is -1.01. The molecule has 0 aromatic rings. The Hall–Kier alpha value is -1.30. The second kappa shape index (κ2) is 6.44. The number of carbonyl (C=O) groups is 2. The Balaban J connectivity index is 2.38. The van der Waals surface area contributed by atoms with E-state index >= 15 is 0 Å². The standard InChI is InChI=1S/C11H21N3O3/c1-14(2)13-11(17)12-7-8-5-3-4-6-9(8)10(15)16/h8-9H,3-7H2,1-2H3,(H,15,16)(H2,12,13,17). The number of hydrazine groups is 1. The monoisotopic (exact) mass is 243 g/mol. The summed E-state index contributed by atoms with van der Waals surface area (Å²) in [4.78, 5) is 22.4. The van der Waals surface area contributed by atoms with Gasteiger partial charge < -0.3 is 10.4 Å². The van der Waals surface area contributed by atoms with E-state index in [0.29, 0.717) is 6.54 Å². The lowest BCUT2D eigenvalue weighted by molar-refractivity contribution is -0.144. The van der Waals surface area contributed by atoms with Gasteiger partial charge in [0, 0.05) is 20.6 Å². The lowest BCUT2D eigenvalue weighted by Gasteiger charge is -2.28. The van der Waals surface area contributed by atoms with Gasteiger partial charge in [-0.3, -0.25) is 10.2 Å². The van der Waals surface area contributed by atoms with Gasteiger partial charge in [0.2, 0.25) is 0 Å². The van der Waals surface area contributed by atoms with E-state index in [9.17, 15) is 9.59 Å². The van der Waals surface area contributed by atoms with E-state index in [1.54, 1.807) is 19.1 Å². The van der Waals surface area contributed by atoms with Gasteiger partial charge in [-0.25, -0.2) is 9.80 Å². The number of carboxylic acids is 1. The molecule has 1 aliphatic carbocycles. The summed E-state index contributed by atoms with van der Waals surface area (Å²) in [5.41, 5.74) is 2.56. The topological polar surface area (TPSA) is 81.7 Å². The van der Waals surface area contributed by atoms with E-state index < -0.39 is 5.97 Å². The first-order chi connectivity index (χ1) is 8.00. The molecule has 1 saturated carbocycles. The fourth-order valence-corrected chi connectivity index (χ4v) is 2.24. The molecule has 3 N–H and O–H groups in total. The minimum Gasteiger partial charge on any atom is -0.481 e. The number of aliphatic carboxylic acids is 1. The van der Waals surface area contributed by atoms with E-state index in [4.69, 9.17) is 5.11 Å². The normalized spacial score (nSPS) is 24.4. The van der Waals surface area contributed by atoms with Gasteiger partial charge in [0.05, 0.1) is 5.92 Å². The van der Waals surface area contributed by atoms with Crippen LogP contribution in [0.1, 0.15) is 25.7 Å². The molecule has 1 aliphatic rings. The molecule has 0 aromatic heterocycles. The molecule has 0 radical (unpaired) electrons. The van der Waals surface area contributed by atoms with Gasteiger partial charge in [-0.1, -0.05) is 12.8 Å². The third kappa shape index (κ3) is 4.60. The van der Waals surface area contributed by atoms with Gasteiger partial charge in [0.15, 0.2) is 0 Å². The van der Waals surface area contributed by atoms with Gasteiger partial charge in [-0.15, -0.1) is 0 Å². The molecular weight excluding hydrogens is 222 g/mol. The fraction of sp³-hybridized carbons (Fsp3) is 0.818. The summed E-state index contributed by atoms with van der Waals surface area (Å²) < 4.78 is 0. The first-order valence-electron chi connectivity index (χ1n) is 5.95. The molecule has 1 fully saturated rings. The zero-order valence-electron chi connectivity index (χ0n) is 10.4. The number of rotatable bonds is 4. The predicted molar refractivity (Wildman–Crippen MR) is 63.3 cm³/mol. The molecule has 1 rings (SSSR count). The largest absolute Gasteiger partial charge is 0.481 e. The first-order valence-corrected chi connectivity index (χ1v) is 5.95. The van der Waals surface area contributed by atoms with Crippen LogP contribution in [0.4, 0.5) is 4.79 Å². The molecule has 98 valence electrons. The van der Waals surface area contributed by atoms with Crippen molar-refractivity contribution in [3.63, 3.8) is 0 Å². The number of amides is 2. The number of carbonyl (C=O) groups excluding carboxylic acids is 1. The zero-order valence-corrected chi connectivity index (χ0v) is 10.4. The van der Waals surface area contributed by atoms with E-state index in [1.807, 2.05) is 0 Å². The van der Waals surface area contributed by atoms with Crippen LogP contribution in [-0.4, -0.2) is 42.8 Å². The van der Waals surface area contributed by atoms with Crippen LogP contribution in [0.2, 0.25) is 0 Å². The lowest BCUT2D eigenvalue weighted by Crippen LogP contribution is -2.46. The van der Waals surface area contributed by atoms with Crippen LogP contribution in [0, 0.1) is 11.8 Å². The first kappa shape index (κ1) is 13.8. The van der Waals surface area contributed by atoms with Crippen molar-refractivity contribution in [3.8, 4) is 0 Å². The molecule has 2 amide bonds. The lowest BCUT2D eigenvalue weighted by atomic mass is 9.79. The van der Waals surface area contributed by atoms with Crippen LogP contribution in [0.25, 0.3) is 0 Å². The van der Waals surface area contributed by atoms with Crippen molar-refractivity contribution in [2.75, 3.05) is 20.6 Å². The third-order valence-electron chi connectivity index (χ3n) is 3.08. The minimum atomic E-state index is -0.746. The minimum absolute atomic E-state index is 0.0502. The molecular formula is C11H21N3O3. The highest BCUT2D eigenvalue weighted by molar-refractivity contribution is 5.73. The average Bonchev–Trinajstić information content (AvgIpc) is 2.25. The number of nitrogens with zero attached hydrogens (tertiary/aromatic N) is 1. The van der Waals surface area contributed by atoms with Gasteiger partial charge in [-0.2, -0.15) is 0 Å². The van der Waals surface area contributed by atoms with E-state index in [-0.39, 0.29) is 17.9 Å². The van der Waals surface area contributed by atoms with E-state index in [2.05, 4.69) is 10.7 Å². The number of hydrogen-bond donors (Lipinski definition) is 3. The smallest absolute Gasteiger partial charge is 0.329 e. The van der Waals surface area contributed by atoms with Crippen LogP contribution in [-0.2, 0) is 4.79 Å². The summed E-state index contributed by atoms with van der Waals surface area (Å²) in [7, 11) is 3.44. The summed E-state index contributed by atoms with van der Waals surface area (Å²) in [5, 5.41) is 13.3. The molecule has 17 heavy (non-hydrogen) atoms.